The fourth-order valence-electron chi connectivity index (χ4n) is 2.82. The number of nitrogens with one attached hydrogen (secondary N) is 2. The lowest BCUT2D eigenvalue weighted by molar-refractivity contribution is 0.0698. The van der Waals surface area contributed by atoms with E-state index in [1.165, 1.54) is 12.3 Å². The average Bonchev–Trinajstić information content (AvgIpc) is 2.76. The van der Waals surface area contributed by atoms with Crippen molar-refractivity contribution in [1.29, 1.82) is 10.5 Å². The number of hydrogen-bond acceptors (Lipinski definition) is 5. The van der Waals surface area contributed by atoms with Gasteiger partial charge in [-0.2, -0.15) is 10.5 Å². The van der Waals surface area contributed by atoms with E-state index in [4.69, 9.17) is 10.5 Å². The van der Waals surface area contributed by atoms with Gasteiger partial charge < -0.3 is 15.7 Å². The first kappa shape index (κ1) is 19.2. The molecule has 3 aromatic carbocycles. The second kappa shape index (κ2) is 8.90. The van der Waals surface area contributed by atoms with Gasteiger partial charge in [0.2, 0.25) is 0 Å². The van der Waals surface area contributed by atoms with Gasteiger partial charge in [-0.25, -0.2) is 4.79 Å². The maximum absolute atomic E-state index is 11.8. The van der Waals surface area contributed by atoms with E-state index in [0.29, 0.717) is 11.4 Å². The normalized spacial score (nSPS) is 9.59. The molecular weight excluding hydrogens is 364 g/mol. The van der Waals surface area contributed by atoms with Gasteiger partial charge in [0, 0.05) is 17.5 Å². The summed E-state index contributed by atoms with van der Waals surface area (Å²) < 4.78 is 0. The van der Waals surface area contributed by atoms with Crippen LogP contribution in [0, 0.1) is 22.7 Å². The highest BCUT2D eigenvalue weighted by Gasteiger charge is 2.16. The third-order valence-corrected chi connectivity index (χ3v) is 4.18. The summed E-state index contributed by atoms with van der Waals surface area (Å²) in [6.45, 7) is 0. The minimum Gasteiger partial charge on any atom is -0.478 e. The molecule has 3 rings (SSSR count). The molecule has 0 aliphatic carbocycles. The molecule has 0 saturated heterocycles. The fraction of sp³-hybridized carbons (Fsp3) is 0. The standard InChI is InChI=1S/C23H16N4O2/c24-13-16(14-25)15-26-21-12-6-10-19(23(28)29)22(21)27-20-11-5-4-9-18(20)17-7-2-1-3-8-17/h1-12,15,26-27H,(H,28,29). The Kier molecular flexibility index (Phi) is 5.90. The first-order valence-corrected chi connectivity index (χ1v) is 8.68. The summed E-state index contributed by atoms with van der Waals surface area (Å²) in [6, 6.07) is 25.6. The maximum atomic E-state index is 11.8. The largest absolute Gasteiger partial charge is 0.478 e. The monoisotopic (exact) mass is 380 g/mol. The number of hydrogen-bond donors (Lipinski definition) is 3. The van der Waals surface area contributed by atoms with Crippen molar-refractivity contribution in [2.45, 2.75) is 0 Å². The summed E-state index contributed by atoms with van der Waals surface area (Å²) in [5.41, 5.74) is 3.30. The Morgan fingerprint density at radius 1 is 0.862 bits per heavy atom. The molecule has 0 bridgehead atoms. The van der Waals surface area contributed by atoms with Crippen LogP contribution in [0.3, 0.4) is 0 Å². The van der Waals surface area contributed by atoms with Crippen LogP contribution >= 0.6 is 0 Å². The van der Waals surface area contributed by atoms with Crippen molar-refractivity contribution >= 4 is 23.0 Å². The van der Waals surface area contributed by atoms with Crippen molar-refractivity contribution in [3.8, 4) is 23.3 Å². The molecule has 0 saturated carbocycles. The number of carboxylic acid groups (broad SMARTS) is 1. The third kappa shape index (κ3) is 4.41. The van der Waals surface area contributed by atoms with Crippen molar-refractivity contribution in [2.75, 3.05) is 10.6 Å². The molecule has 3 N–H and O–H groups in total. The zero-order chi connectivity index (χ0) is 20.6. The summed E-state index contributed by atoms with van der Waals surface area (Å²) in [7, 11) is 0. The molecule has 0 radical (unpaired) electrons. The van der Waals surface area contributed by atoms with E-state index in [0.717, 1.165) is 16.8 Å². The minimum atomic E-state index is -1.10. The van der Waals surface area contributed by atoms with Crippen LogP contribution in [0.25, 0.3) is 11.1 Å². The number of carboxylic acids is 1. The van der Waals surface area contributed by atoms with Gasteiger partial charge in [-0.3, -0.25) is 0 Å². The second-order valence-electron chi connectivity index (χ2n) is 6.00. The van der Waals surface area contributed by atoms with Crippen LogP contribution in [-0.4, -0.2) is 11.1 Å². The Hall–Kier alpha value is -4.55. The van der Waals surface area contributed by atoms with Crippen LogP contribution in [0.2, 0.25) is 0 Å². The predicted molar refractivity (Wildman–Crippen MR) is 111 cm³/mol. The van der Waals surface area contributed by atoms with Crippen LogP contribution in [0.1, 0.15) is 10.4 Å². The Labute approximate surface area is 168 Å². The highest BCUT2D eigenvalue weighted by Crippen LogP contribution is 2.35. The number of nitrogens with zero attached hydrogens (tertiary/aromatic N) is 2. The first-order chi connectivity index (χ1) is 14.1. The molecule has 0 atom stereocenters. The van der Waals surface area contributed by atoms with E-state index >= 15 is 0 Å². The molecule has 0 unspecified atom stereocenters. The topological polar surface area (TPSA) is 109 Å². The third-order valence-electron chi connectivity index (χ3n) is 4.18. The predicted octanol–water partition coefficient (Wildman–Crippen LogP) is 5.14. The number of nitriles is 2. The van der Waals surface area contributed by atoms with E-state index in [1.54, 1.807) is 24.3 Å². The van der Waals surface area contributed by atoms with Gasteiger partial charge in [-0.1, -0.05) is 54.6 Å². The molecule has 0 heterocycles. The SMILES string of the molecule is N#CC(C#N)=CNc1cccc(C(=O)O)c1Nc1ccccc1-c1ccccc1. The zero-order valence-electron chi connectivity index (χ0n) is 15.3. The molecule has 6 heteroatoms. The minimum absolute atomic E-state index is 0.0572. The quantitative estimate of drug-likeness (QED) is 0.511. The van der Waals surface area contributed by atoms with Crippen LogP contribution in [-0.2, 0) is 0 Å². The van der Waals surface area contributed by atoms with Crippen molar-refractivity contribution in [3.05, 3.63) is 90.1 Å². The van der Waals surface area contributed by atoms with Gasteiger partial charge in [-0.05, 0) is 23.8 Å². The molecule has 0 amide bonds. The van der Waals surface area contributed by atoms with Gasteiger partial charge in [0.1, 0.15) is 17.7 Å². The lowest BCUT2D eigenvalue weighted by Gasteiger charge is -2.17. The Balaban J connectivity index is 2.08. The number of benzene rings is 3. The van der Waals surface area contributed by atoms with Gasteiger partial charge in [0.15, 0.2) is 0 Å². The van der Waals surface area contributed by atoms with Crippen molar-refractivity contribution in [1.82, 2.24) is 0 Å². The number of para-hydroxylation sites is 2. The molecule has 140 valence electrons. The zero-order valence-corrected chi connectivity index (χ0v) is 15.3. The molecule has 29 heavy (non-hydrogen) atoms. The average molecular weight is 380 g/mol. The van der Waals surface area contributed by atoms with E-state index in [1.807, 2.05) is 54.6 Å². The Morgan fingerprint density at radius 3 is 2.21 bits per heavy atom. The van der Waals surface area contributed by atoms with Gasteiger partial charge in [0.25, 0.3) is 0 Å². The molecule has 0 fully saturated rings. The lowest BCUT2D eigenvalue weighted by atomic mass is 10.0. The van der Waals surface area contributed by atoms with E-state index in [-0.39, 0.29) is 11.1 Å². The highest BCUT2D eigenvalue weighted by molar-refractivity contribution is 6.00. The second-order valence-corrected chi connectivity index (χ2v) is 6.00. The van der Waals surface area contributed by atoms with Crippen LogP contribution < -0.4 is 10.6 Å². The summed E-state index contributed by atoms with van der Waals surface area (Å²) in [5.74, 6) is -1.10. The van der Waals surface area contributed by atoms with Crippen molar-refractivity contribution in [3.63, 3.8) is 0 Å². The van der Waals surface area contributed by atoms with Crippen LogP contribution in [0.15, 0.2) is 84.6 Å². The number of aromatic carboxylic acids is 1. The summed E-state index contributed by atoms with van der Waals surface area (Å²) in [5, 5.41) is 33.6. The van der Waals surface area contributed by atoms with Gasteiger partial charge >= 0.3 is 5.97 Å². The van der Waals surface area contributed by atoms with E-state index in [9.17, 15) is 9.90 Å². The summed E-state index contributed by atoms with van der Waals surface area (Å²) in [4.78, 5) is 11.8. The number of allylic oxidation sites excluding steroid dienone is 1. The summed E-state index contributed by atoms with van der Waals surface area (Å²) in [6.07, 6.45) is 1.25. The molecule has 0 aromatic heterocycles. The molecule has 0 aliphatic rings. The first-order valence-electron chi connectivity index (χ1n) is 8.68. The Morgan fingerprint density at radius 2 is 1.52 bits per heavy atom. The van der Waals surface area contributed by atoms with Crippen molar-refractivity contribution < 1.29 is 9.90 Å². The molecule has 6 nitrogen and oxygen atoms in total. The van der Waals surface area contributed by atoms with Gasteiger partial charge in [-0.15, -0.1) is 0 Å². The lowest BCUT2D eigenvalue weighted by Crippen LogP contribution is -2.06. The van der Waals surface area contributed by atoms with Crippen molar-refractivity contribution in [2.24, 2.45) is 0 Å². The molecule has 0 spiro atoms. The van der Waals surface area contributed by atoms with Gasteiger partial charge in [0.05, 0.1) is 16.9 Å². The van der Waals surface area contributed by atoms with Crippen LogP contribution in [0.5, 0.6) is 0 Å². The van der Waals surface area contributed by atoms with E-state index < -0.39 is 5.97 Å². The smallest absolute Gasteiger partial charge is 0.337 e. The summed E-state index contributed by atoms with van der Waals surface area (Å²) >= 11 is 0. The number of rotatable bonds is 6. The molecule has 3 aromatic rings. The van der Waals surface area contributed by atoms with Crippen LogP contribution in [0.4, 0.5) is 17.1 Å². The van der Waals surface area contributed by atoms with E-state index in [2.05, 4.69) is 10.6 Å². The number of carbonyl (C=O) groups is 1. The molecule has 0 aliphatic heterocycles. The Bertz CT molecular complexity index is 1140. The fourth-order valence-corrected chi connectivity index (χ4v) is 2.82. The number of anilines is 3. The maximum Gasteiger partial charge on any atom is 0.337 e. The molecular formula is C23H16N4O2. The highest BCUT2D eigenvalue weighted by atomic mass is 16.4.